The van der Waals surface area contributed by atoms with Crippen LogP contribution in [0.1, 0.15) is 33.3 Å². The van der Waals surface area contributed by atoms with E-state index in [4.69, 9.17) is 0 Å². The summed E-state index contributed by atoms with van der Waals surface area (Å²) in [6.07, 6.45) is 0.585. The zero-order valence-electron chi connectivity index (χ0n) is 12.0. The highest BCUT2D eigenvalue weighted by Gasteiger charge is 2.67. The Morgan fingerprint density at radius 2 is 1.79 bits per heavy atom. The standard InChI is InChI=1S/C17H20OS/c1-16(2)15(17(16,3)4)13(18)9-11-10-19-14-8-6-5-7-12(11)14/h5-8,10,15H,9H2,1-4H3. The van der Waals surface area contributed by atoms with E-state index in [2.05, 4.69) is 51.3 Å². The molecule has 0 amide bonds. The first-order valence-electron chi connectivity index (χ1n) is 6.83. The van der Waals surface area contributed by atoms with Gasteiger partial charge in [-0.25, -0.2) is 0 Å². The van der Waals surface area contributed by atoms with Gasteiger partial charge in [0, 0.05) is 17.0 Å². The maximum Gasteiger partial charge on any atom is 0.141 e. The number of rotatable bonds is 3. The minimum atomic E-state index is 0.149. The van der Waals surface area contributed by atoms with Crippen molar-refractivity contribution in [2.45, 2.75) is 34.1 Å². The second-order valence-electron chi connectivity index (χ2n) is 6.78. The van der Waals surface area contributed by atoms with E-state index in [-0.39, 0.29) is 16.7 Å². The summed E-state index contributed by atoms with van der Waals surface area (Å²) in [5.74, 6) is 0.609. The highest BCUT2D eigenvalue weighted by Crippen LogP contribution is 2.68. The highest BCUT2D eigenvalue weighted by atomic mass is 32.1. The molecule has 0 unspecified atom stereocenters. The van der Waals surface area contributed by atoms with Crippen LogP contribution >= 0.6 is 11.3 Å². The first-order valence-corrected chi connectivity index (χ1v) is 7.71. The number of hydrogen-bond donors (Lipinski definition) is 0. The highest BCUT2D eigenvalue weighted by molar-refractivity contribution is 7.17. The van der Waals surface area contributed by atoms with Crippen LogP contribution in [-0.4, -0.2) is 5.78 Å². The Morgan fingerprint density at radius 3 is 2.42 bits per heavy atom. The number of ketones is 1. The van der Waals surface area contributed by atoms with Crippen LogP contribution in [0.3, 0.4) is 0 Å². The van der Waals surface area contributed by atoms with Crippen molar-refractivity contribution in [2.75, 3.05) is 0 Å². The summed E-state index contributed by atoms with van der Waals surface area (Å²) in [6, 6.07) is 8.35. The van der Waals surface area contributed by atoms with Gasteiger partial charge in [-0.1, -0.05) is 45.9 Å². The van der Waals surface area contributed by atoms with Crippen molar-refractivity contribution in [3.8, 4) is 0 Å². The van der Waals surface area contributed by atoms with Gasteiger partial charge >= 0.3 is 0 Å². The van der Waals surface area contributed by atoms with Crippen LogP contribution in [0, 0.1) is 16.7 Å². The van der Waals surface area contributed by atoms with Gasteiger partial charge in [0.2, 0.25) is 0 Å². The molecule has 2 aromatic rings. The molecule has 1 fully saturated rings. The Labute approximate surface area is 118 Å². The second kappa shape index (κ2) is 3.92. The number of fused-ring (bicyclic) bond motifs is 1. The molecule has 0 spiro atoms. The minimum absolute atomic E-state index is 0.149. The lowest BCUT2D eigenvalue weighted by Crippen LogP contribution is -2.09. The smallest absolute Gasteiger partial charge is 0.141 e. The van der Waals surface area contributed by atoms with E-state index < -0.39 is 0 Å². The molecule has 0 bridgehead atoms. The number of carbonyl (C=O) groups excluding carboxylic acids is 1. The van der Waals surface area contributed by atoms with E-state index in [0.717, 1.165) is 0 Å². The van der Waals surface area contributed by atoms with Crippen molar-refractivity contribution in [3.05, 3.63) is 35.2 Å². The maximum absolute atomic E-state index is 12.6. The van der Waals surface area contributed by atoms with Gasteiger partial charge in [-0.05, 0) is 33.2 Å². The fourth-order valence-electron chi connectivity index (χ4n) is 3.46. The topological polar surface area (TPSA) is 17.1 Å². The molecular formula is C17H20OS. The number of Topliss-reactive ketones (excluding diaryl/α,β-unsaturated/α-hetero) is 1. The van der Waals surface area contributed by atoms with Crippen LogP contribution in [0.25, 0.3) is 10.1 Å². The molecule has 0 atom stereocenters. The van der Waals surface area contributed by atoms with Gasteiger partial charge in [0.15, 0.2) is 0 Å². The largest absolute Gasteiger partial charge is 0.299 e. The van der Waals surface area contributed by atoms with Crippen molar-refractivity contribution >= 4 is 27.2 Å². The average molecular weight is 272 g/mol. The SMILES string of the molecule is CC1(C)C(C(=O)Cc2csc3ccccc23)C1(C)C. The van der Waals surface area contributed by atoms with Crippen molar-refractivity contribution in [3.63, 3.8) is 0 Å². The predicted octanol–water partition coefficient (Wildman–Crippen LogP) is 4.70. The third kappa shape index (κ3) is 1.77. The van der Waals surface area contributed by atoms with E-state index in [0.29, 0.717) is 12.2 Å². The van der Waals surface area contributed by atoms with Crippen LogP contribution in [0.4, 0.5) is 0 Å². The Bertz CT molecular complexity index is 634. The molecule has 100 valence electrons. The summed E-state index contributed by atoms with van der Waals surface area (Å²) in [4.78, 5) is 12.6. The maximum atomic E-state index is 12.6. The lowest BCUT2D eigenvalue weighted by molar-refractivity contribution is -0.120. The molecule has 0 radical (unpaired) electrons. The van der Waals surface area contributed by atoms with Crippen LogP contribution in [0.5, 0.6) is 0 Å². The first kappa shape index (κ1) is 12.9. The van der Waals surface area contributed by atoms with Gasteiger partial charge < -0.3 is 0 Å². The molecule has 1 nitrogen and oxygen atoms in total. The van der Waals surface area contributed by atoms with Gasteiger partial charge in [-0.2, -0.15) is 0 Å². The molecular weight excluding hydrogens is 252 g/mol. The number of carbonyl (C=O) groups is 1. The molecule has 1 saturated carbocycles. The van der Waals surface area contributed by atoms with Gasteiger partial charge in [-0.15, -0.1) is 11.3 Å². The van der Waals surface area contributed by atoms with Crippen molar-refractivity contribution < 1.29 is 4.79 Å². The van der Waals surface area contributed by atoms with Crippen molar-refractivity contribution in [1.29, 1.82) is 0 Å². The Balaban J connectivity index is 1.85. The lowest BCUT2D eigenvalue weighted by Gasteiger charge is -2.03. The van der Waals surface area contributed by atoms with Crippen LogP contribution < -0.4 is 0 Å². The molecule has 0 saturated heterocycles. The van der Waals surface area contributed by atoms with E-state index in [1.807, 2.05) is 6.07 Å². The molecule has 1 aromatic heterocycles. The molecule has 0 aliphatic heterocycles. The lowest BCUT2D eigenvalue weighted by atomic mass is 10.0. The summed E-state index contributed by atoms with van der Waals surface area (Å²) in [7, 11) is 0. The second-order valence-corrected chi connectivity index (χ2v) is 7.69. The van der Waals surface area contributed by atoms with E-state index in [9.17, 15) is 4.79 Å². The Hall–Kier alpha value is -1.15. The minimum Gasteiger partial charge on any atom is -0.299 e. The fraction of sp³-hybridized carbons (Fsp3) is 0.471. The Kier molecular flexibility index (Phi) is 2.66. The third-order valence-electron chi connectivity index (χ3n) is 5.27. The van der Waals surface area contributed by atoms with E-state index >= 15 is 0 Å². The fourth-order valence-corrected chi connectivity index (χ4v) is 4.42. The molecule has 1 aromatic carbocycles. The van der Waals surface area contributed by atoms with Gasteiger partial charge in [0.05, 0.1) is 0 Å². The zero-order valence-corrected chi connectivity index (χ0v) is 12.8. The number of benzene rings is 1. The van der Waals surface area contributed by atoms with Gasteiger partial charge in [0.25, 0.3) is 0 Å². The average Bonchev–Trinajstić information content (AvgIpc) is 2.64. The summed E-state index contributed by atoms with van der Waals surface area (Å²) in [5.41, 5.74) is 1.50. The van der Waals surface area contributed by atoms with Gasteiger partial charge in [-0.3, -0.25) is 4.79 Å². The van der Waals surface area contributed by atoms with Crippen molar-refractivity contribution in [1.82, 2.24) is 0 Å². The molecule has 0 N–H and O–H groups in total. The number of thiophene rings is 1. The van der Waals surface area contributed by atoms with E-state index in [1.54, 1.807) is 11.3 Å². The van der Waals surface area contributed by atoms with Gasteiger partial charge in [0.1, 0.15) is 5.78 Å². The molecule has 1 heterocycles. The first-order chi connectivity index (χ1) is 8.85. The number of hydrogen-bond acceptors (Lipinski definition) is 2. The van der Waals surface area contributed by atoms with Crippen LogP contribution in [-0.2, 0) is 11.2 Å². The molecule has 1 aliphatic rings. The molecule has 1 aliphatic carbocycles. The van der Waals surface area contributed by atoms with E-state index in [1.165, 1.54) is 15.6 Å². The monoisotopic (exact) mass is 272 g/mol. The Morgan fingerprint density at radius 1 is 1.16 bits per heavy atom. The summed E-state index contributed by atoms with van der Waals surface area (Å²) in [5, 5.41) is 3.39. The molecule has 2 heteroatoms. The van der Waals surface area contributed by atoms with Crippen LogP contribution in [0.15, 0.2) is 29.6 Å². The normalized spacial score (nSPS) is 20.6. The zero-order chi connectivity index (χ0) is 13.8. The predicted molar refractivity (Wildman–Crippen MR) is 81.6 cm³/mol. The third-order valence-corrected chi connectivity index (χ3v) is 6.28. The summed E-state index contributed by atoms with van der Waals surface area (Å²) in [6.45, 7) is 8.84. The summed E-state index contributed by atoms with van der Waals surface area (Å²) < 4.78 is 1.28. The summed E-state index contributed by atoms with van der Waals surface area (Å²) >= 11 is 1.74. The quantitative estimate of drug-likeness (QED) is 0.792. The molecule has 19 heavy (non-hydrogen) atoms. The van der Waals surface area contributed by atoms with Crippen LogP contribution in [0.2, 0.25) is 0 Å². The molecule has 3 rings (SSSR count). The van der Waals surface area contributed by atoms with Crippen molar-refractivity contribution in [2.24, 2.45) is 16.7 Å².